The van der Waals surface area contributed by atoms with E-state index < -0.39 is 5.95 Å². The largest absolute Gasteiger partial charge is 0.538 e. The minimum Gasteiger partial charge on any atom is -0.538 e. The van der Waals surface area contributed by atoms with Crippen LogP contribution < -0.4 is 9.79 Å². The molecule has 0 saturated heterocycles. The molecule has 0 bridgehead atoms. The van der Waals surface area contributed by atoms with Gasteiger partial charge in [0.25, 0.3) is 0 Å². The average molecular weight is 163 g/mol. The van der Waals surface area contributed by atoms with Crippen LogP contribution in [0.2, 0.25) is 5.15 Å². The van der Waals surface area contributed by atoms with Crippen LogP contribution in [0.25, 0.3) is 0 Å². The number of rotatable bonds is 1. The fraction of sp³-hybridized carbons (Fsp3) is 0.600. The molecule has 1 aromatic rings. The summed E-state index contributed by atoms with van der Waals surface area (Å²) in [5.41, 5.74) is 0. The van der Waals surface area contributed by atoms with Crippen LogP contribution >= 0.6 is 11.6 Å². The molecule has 0 saturated carbocycles. The molecule has 0 radical (unpaired) electrons. The van der Waals surface area contributed by atoms with Gasteiger partial charge in [0.1, 0.15) is 0 Å². The highest BCUT2D eigenvalue weighted by atomic mass is 35.5. The first-order valence-electron chi connectivity index (χ1n) is 2.87. The Hall–Kier alpha value is -0.770. The van der Waals surface area contributed by atoms with Crippen molar-refractivity contribution in [3.05, 3.63) is 5.15 Å². The third kappa shape index (κ3) is 1.07. The lowest BCUT2D eigenvalue weighted by Crippen LogP contribution is -2.38. The van der Waals surface area contributed by atoms with Crippen molar-refractivity contribution >= 4 is 11.6 Å². The summed E-state index contributed by atoms with van der Waals surface area (Å²) in [5.74, 6) is -0.588. The minimum absolute atomic E-state index is 0.0231. The van der Waals surface area contributed by atoms with Gasteiger partial charge in [-0.3, -0.25) is 0 Å². The Kier molecular flexibility index (Phi) is 1.80. The Labute approximate surface area is 63.0 Å². The maximum atomic E-state index is 10.6. The highest BCUT2D eigenvalue weighted by Crippen LogP contribution is 2.14. The number of aromatic nitrogens is 2. The molecule has 5 heteroatoms. The summed E-state index contributed by atoms with van der Waals surface area (Å²) in [6, 6.07) is 0.0546. The smallest absolute Gasteiger partial charge is 0.325 e. The Morgan fingerprint density at radius 1 is 1.70 bits per heavy atom. The summed E-state index contributed by atoms with van der Waals surface area (Å²) in [4.78, 5) is 0. The lowest BCUT2D eigenvalue weighted by molar-refractivity contribution is -0.777. The van der Waals surface area contributed by atoms with E-state index in [9.17, 15) is 5.11 Å². The zero-order valence-electron chi connectivity index (χ0n) is 5.67. The molecule has 1 rings (SSSR count). The molecule has 56 valence electrons. The molecule has 0 amide bonds. The quantitative estimate of drug-likeness (QED) is 0.557. The van der Waals surface area contributed by atoms with E-state index in [1.54, 1.807) is 0 Å². The summed E-state index contributed by atoms with van der Waals surface area (Å²) in [5, 5.41) is 14.0. The van der Waals surface area contributed by atoms with Crippen molar-refractivity contribution in [2.45, 2.75) is 19.9 Å². The summed E-state index contributed by atoms with van der Waals surface area (Å²) >= 11 is 5.50. The lowest BCUT2D eigenvalue weighted by atomic mass is 10.4. The lowest BCUT2D eigenvalue weighted by Gasteiger charge is -1.90. The first-order chi connectivity index (χ1) is 4.63. The standard InChI is InChI=1S/C5H7ClN2O2/c1-3(2)8-4(6)5(9)10-7-8/h3H,1-2H3. The van der Waals surface area contributed by atoms with Crippen molar-refractivity contribution in [2.24, 2.45) is 0 Å². The summed E-state index contributed by atoms with van der Waals surface area (Å²) in [6.07, 6.45) is 0. The molecule has 1 heterocycles. The SMILES string of the molecule is CC(C)[n+]1noc([O-])c1Cl. The van der Waals surface area contributed by atoms with Crippen molar-refractivity contribution in [1.82, 2.24) is 5.27 Å². The second-order valence-electron chi connectivity index (χ2n) is 2.19. The van der Waals surface area contributed by atoms with E-state index in [-0.39, 0.29) is 11.2 Å². The molecule has 1 aromatic heterocycles. The highest BCUT2D eigenvalue weighted by Gasteiger charge is 2.17. The van der Waals surface area contributed by atoms with E-state index in [4.69, 9.17) is 11.6 Å². The molecule has 0 spiro atoms. The number of hydrogen-bond donors (Lipinski definition) is 0. The van der Waals surface area contributed by atoms with Crippen LogP contribution in [0.5, 0.6) is 5.95 Å². The zero-order valence-corrected chi connectivity index (χ0v) is 6.42. The Bertz CT molecular complexity index is 234. The fourth-order valence-corrected chi connectivity index (χ4v) is 0.830. The molecule has 0 unspecified atom stereocenters. The molecule has 10 heavy (non-hydrogen) atoms. The van der Waals surface area contributed by atoms with Gasteiger partial charge in [-0.1, -0.05) is 4.68 Å². The van der Waals surface area contributed by atoms with Crippen molar-refractivity contribution in [3.8, 4) is 5.95 Å². The van der Waals surface area contributed by atoms with Crippen LogP contribution in [-0.2, 0) is 0 Å². The van der Waals surface area contributed by atoms with Gasteiger partial charge in [-0.2, -0.15) is 0 Å². The van der Waals surface area contributed by atoms with Gasteiger partial charge in [-0.05, 0) is 25.4 Å². The number of halogens is 1. The molecule has 0 aliphatic heterocycles. The molecule has 4 nitrogen and oxygen atoms in total. The van der Waals surface area contributed by atoms with Gasteiger partial charge in [0.15, 0.2) is 12.0 Å². The first kappa shape index (κ1) is 7.34. The maximum absolute atomic E-state index is 10.6. The number of hydrogen-bond acceptors (Lipinski definition) is 3. The van der Waals surface area contributed by atoms with Crippen LogP contribution in [0.15, 0.2) is 4.52 Å². The second kappa shape index (κ2) is 2.46. The van der Waals surface area contributed by atoms with Gasteiger partial charge >= 0.3 is 5.15 Å². The maximum Gasteiger partial charge on any atom is 0.325 e. The monoisotopic (exact) mass is 162 g/mol. The summed E-state index contributed by atoms with van der Waals surface area (Å²) in [6.45, 7) is 3.71. The van der Waals surface area contributed by atoms with Crippen LogP contribution in [0.1, 0.15) is 19.9 Å². The van der Waals surface area contributed by atoms with Gasteiger partial charge in [-0.15, -0.1) is 0 Å². The van der Waals surface area contributed by atoms with E-state index in [0.29, 0.717) is 0 Å². The van der Waals surface area contributed by atoms with Crippen molar-refractivity contribution in [2.75, 3.05) is 0 Å². The summed E-state index contributed by atoms with van der Waals surface area (Å²) < 4.78 is 5.61. The Morgan fingerprint density at radius 2 is 2.30 bits per heavy atom. The minimum atomic E-state index is -0.588. The third-order valence-corrected chi connectivity index (χ3v) is 1.40. The molecular weight excluding hydrogens is 156 g/mol. The molecule has 0 aliphatic carbocycles. The third-order valence-electron chi connectivity index (χ3n) is 1.07. The van der Waals surface area contributed by atoms with Crippen LogP contribution in [0.3, 0.4) is 0 Å². The van der Waals surface area contributed by atoms with E-state index >= 15 is 0 Å². The predicted molar refractivity (Wildman–Crippen MR) is 31.5 cm³/mol. The van der Waals surface area contributed by atoms with E-state index in [0.717, 1.165) is 0 Å². The molecular formula is C5H7ClN2O2. The summed E-state index contributed by atoms with van der Waals surface area (Å²) in [7, 11) is 0. The fourth-order valence-electron chi connectivity index (χ4n) is 0.569. The van der Waals surface area contributed by atoms with Crippen molar-refractivity contribution in [1.29, 1.82) is 0 Å². The van der Waals surface area contributed by atoms with Crippen molar-refractivity contribution < 1.29 is 14.3 Å². The van der Waals surface area contributed by atoms with Gasteiger partial charge in [0.2, 0.25) is 0 Å². The van der Waals surface area contributed by atoms with Gasteiger partial charge < -0.3 is 9.63 Å². The van der Waals surface area contributed by atoms with Crippen LogP contribution in [0, 0.1) is 0 Å². The van der Waals surface area contributed by atoms with Crippen LogP contribution in [0.4, 0.5) is 0 Å². The molecule has 0 aliphatic rings. The van der Waals surface area contributed by atoms with Crippen LogP contribution in [-0.4, -0.2) is 5.27 Å². The van der Waals surface area contributed by atoms with Crippen molar-refractivity contribution in [3.63, 3.8) is 0 Å². The van der Waals surface area contributed by atoms with Gasteiger partial charge in [0, 0.05) is 0 Å². The average Bonchev–Trinajstić information content (AvgIpc) is 2.14. The molecule has 0 atom stereocenters. The Morgan fingerprint density at radius 3 is 2.50 bits per heavy atom. The van der Waals surface area contributed by atoms with E-state index in [1.165, 1.54) is 4.68 Å². The zero-order chi connectivity index (χ0) is 7.72. The van der Waals surface area contributed by atoms with E-state index in [2.05, 4.69) is 9.79 Å². The first-order valence-corrected chi connectivity index (χ1v) is 3.24. The predicted octanol–water partition coefficient (Wildman–Crippen LogP) is 0.270. The van der Waals surface area contributed by atoms with E-state index in [1.807, 2.05) is 13.8 Å². The topological polar surface area (TPSA) is 53.0 Å². The van der Waals surface area contributed by atoms with Gasteiger partial charge in [-0.25, -0.2) is 0 Å². The number of nitrogens with zero attached hydrogens (tertiary/aromatic N) is 2. The second-order valence-corrected chi connectivity index (χ2v) is 2.55. The van der Waals surface area contributed by atoms with Gasteiger partial charge in [0.05, 0.1) is 5.27 Å². The highest BCUT2D eigenvalue weighted by molar-refractivity contribution is 6.29. The normalized spacial score (nSPS) is 10.8. The molecule has 0 fully saturated rings. The molecule has 0 aromatic carbocycles. The Balaban J connectivity index is 3.05. The molecule has 0 N–H and O–H groups in total.